The van der Waals surface area contributed by atoms with E-state index in [-0.39, 0.29) is 18.1 Å². The molecule has 0 heterocycles. The van der Waals surface area contributed by atoms with E-state index in [1.807, 2.05) is 0 Å². The average Bonchev–Trinajstić information content (AvgIpc) is 2.28. The van der Waals surface area contributed by atoms with Crippen molar-refractivity contribution in [3.05, 3.63) is 64.9 Å². The molecule has 2 aromatic carbocycles. The molecule has 2 aromatic rings. The summed E-state index contributed by atoms with van der Waals surface area (Å²) in [4.78, 5) is 11.7. The normalized spacial score (nSPS) is 10.1. The van der Waals surface area contributed by atoms with Gasteiger partial charge in [-0.15, -0.1) is 0 Å². The lowest BCUT2D eigenvalue weighted by molar-refractivity contribution is -0.115. The number of anilines is 1. The Morgan fingerprint density at radius 1 is 1.17 bits per heavy atom. The van der Waals surface area contributed by atoms with Gasteiger partial charge < -0.3 is 5.32 Å². The van der Waals surface area contributed by atoms with Gasteiger partial charge in [0.15, 0.2) is 0 Å². The van der Waals surface area contributed by atoms with E-state index in [1.165, 1.54) is 12.1 Å². The number of hydrogen-bond acceptors (Lipinski definition) is 1. The molecule has 0 radical (unpaired) electrons. The van der Waals surface area contributed by atoms with Crippen LogP contribution in [0.4, 0.5) is 10.1 Å². The van der Waals surface area contributed by atoms with Gasteiger partial charge in [0.1, 0.15) is 5.82 Å². The lowest BCUT2D eigenvalue weighted by atomic mass is 10.1. The summed E-state index contributed by atoms with van der Waals surface area (Å²) in [5.74, 6) is -0.550. The highest BCUT2D eigenvalue weighted by atomic mass is 35.5. The Hall–Kier alpha value is -1.87. The van der Waals surface area contributed by atoms with Gasteiger partial charge in [-0.1, -0.05) is 29.8 Å². The van der Waals surface area contributed by atoms with Crippen LogP contribution in [0.5, 0.6) is 0 Å². The van der Waals surface area contributed by atoms with Crippen LogP contribution in [0.25, 0.3) is 0 Å². The highest BCUT2D eigenvalue weighted by molar-refractivity contribution is 6.30. The zero-order valence-corrected chi connectivity index (χ0v) is 10.2. The summed E-state index contributed by atoms with van der Waals surface area (Å²) < 4.78 is 12.9. The van der Waals surface area contributed by atoms with E-state index in [0.29, 0.717) is 16.3 Å². The first-order chi connectivity index (χ1) is 8.63. The maximum atomic E-state index is 12.9. The summed E-state index contributed by atoms with van der Waals surface area (Å²) in [5.41, 5.74) is 1.26. The molecule has 0 saturated carbocycles. The van der Waals surface area contributed by atoms with Gasteiger partial charge in [-0.05, 0) is 35.9 Å². The number of hydrogen-bond donors (Lipinski definition) is 1. The standard InChI is InChI=1S/C14H11ClFNO/c15-11-4-2-6-13(9-11)17-14(18)8-10-3-1-5-12(16)7-10/h1-7,9H,8H2,(H,17,18). The topological polar surface area (TPSA) is 29.1 Å². The molecular formula is C14H11ClFNO. The molecule has 0 aromatic heterocycles. The first-order valence-electron chi connectivity index (χ1n) is 5.43. The summed E-state index contributed by atoms with van der Waals surface area (Å²) in [6.45, 7) is 0. The first kappa shape index (κ1) is 12.6. The number of carbonyl (C=O) groups is 1. The third-order valence-corrected chi connectivity index (χ3v) is 2.60. The zero-order valence-electron chi connectivity index (χ0n) is 9.49. The average molecular weight is 264 g/mol. The lowest BCUT2D eigenvalue weighted by Crippen LogP contribution is -2.14. The maximum absolute atomic E-state index is 12.9. The van der Waals surface area contributed by atoms with Crippen LogP contribution < -0.4 is 5.32 Å². The van der Waals surface area contributed by atoms with Crippen LogP contribution >= 0.6 is 11.6 Å². The number of carbonyl (C=O) groups excluding carboxylic acids is 1. The van der Waals surface area contributed by atoms with Crippen molar-refractivity contribution in [3.63, 3.8) is 0 Å². The molecule has 1 amide bonds. The van der Waals surface area contributed by atoms with Crippen molar-refractivity contribution in [2.24, 2.45) is 0 Å². The number of halogens is 2. The molecule has 0 bridgehead atoms. The Bertz CT molecular complexity index is 522. The van der Waals surface area contributed by atoms with Crippen LogP contribution in [0, 0.1) is 5.82 Å². The molecule has 18 heavy (non-hydrogen) atoms. The van der Waals surface area contributed by atoms with E-state index in [9.17, 15) is 9.18 Å². The van der Waals surface area contributed by atoms with Crippen LogP contribution in [0.2, 0.25) is 5.02 Å². The summed E-state index contributed by atoms with van der Waals surface area (Å²) in [6, 6.07) is 12.9. The van der Waals surface area contributed by atoms with Gasteiger partial charge in [-0.2, -0.15) is 0 Å². The zero-order chi connectivity index (χ0) is 13.0. The molecule has 0 saturated heterocycles. The minimum atomic E-state index is -0.344. The molecule has 92 valence electrons. The van der Waals surface area contributed by atoms with Crippen LogP contribution in [0.3, 0.4) is 0 Å². The molecule has 4 heteroatoms. The third-order valence-electron chi connectivity index (χ3n) is 2.36. The molecule has 0 aliphatic heterocycles. The monoisotopic (exact) mass is 263 g/mol. The van der Waals surface area contributed by atoms with E-state index in [2.05, 4.69) is 5.32 Å². The van der Waals surface area contributed by atoms with Crippen molar-refractivity contribution >= 4 is 23.2 Å². The third kappa shape index (κ3) is 3.57. The molecule has 0 aliphatic carbocycles. The van der Waals surface area contributed by atoms with Crippen LogP contribution in [-0.4, -0.2) is 5.91 Å². The molecule has 0 unspecified atom stereocenters. The minimum Gasteiger partial charge on any atom is -0.326 e. The fraction of sp³-hybridized carbons (Fsp3) is 0.0714. The Morgan fingerprint density at radius 3 is 2.67 bits per heavy atom. The predicted octanol–water partition coefficient (Wildman–Crippen LogP) is 3.66. The maximum Gasteiger partial charge on any atom is 0.228 e. The number of benzene rings is 2. The van der Waals surface area contributed by atoms with Gasteiger partial charge in [-0.3, -0.25) is 4.79 Å². The Kier molecular flexibility index (Phi) is 3.95. The van der Waals surface area contributed by atoms with Gasteiger partial charge >= 0.3 is 0 Å². The molecule has 2 rings (SSSR count). The highest BCUT2D eigenvalue weighted by Gasteiger charge is 2.05. The largest absolute Gasteiger partial charge is 0.326 e. The summed E-state index contributed by atoms with van der Waals surface area (Å²) in [5, 5.41) is 3.26. The second-order valence-electron chi connectivity index (χ2n) is 3.87. The minimum absolute atomic E-state index is 0.129. The van der Waals surface area contributed by atoms with E-state index in [4.69, 9.17) is 11.6 Å². The summed E-state index contributed by atoms with van der Waals surface area (Å²) in [6.07, 6.45) is 0.129. The van der Waals surface area contributed by atoms with E-state index >= 15 is 0 Å². The van der Waals surface area contributed by atoms with Gasteiger partial charge in [0.25, 0.3) is 0 Å². The lowest BCUT2D eigenvalue weighted by Gasteiger charge is -2.05. The summed E-state index contributed by atoms with van der Waals surface area (Å²) >= 11 is 5.81. The molecule has 0 aliphatic rings. The SMILES string of the molecule is O=C(Cc1cccc(F)c1)Nc1cccc(Cl)c1. The second kappa shape index (κ2) is 5.65. The quantitative estimate of drug-likeness (QED) is 0.900. The number of nitrogens with one attached hydrogen (secondary N) is 1. The number of amides is 1. The van der Waals surface area contributed by atoms with Gasteiger partial charge in [0.05, 0.1) is 6.42 Å². The van der Waals surface area contributed by atoms with Crippen molar-refractivity contribution in [1.29, 1.82) is 0 Å². The van der Waals surface area contributed by atoms with Crippen LogP contribution in [-0.2, 0) is 11.2 Å². The van der Waals surface area contributed by atoms with Crippen LogP contribution in [0.1, 0.15) is 5.56 Å². The van der Waals surface area contributed by atoms with Crippen molar-refractivity contribution in [2.45, 2.75) is 6.42 Å². The molecular weight excluding hydrogens is 253 g/mol. The van der Waals surface area contributed by atoms with Crippen molar-refractivity contribution in [2.75, 3.05) is 5.32 Å². The van der Waals surface area contributed by atoms with E-state index < -0.39 is 0 Å². The molecule has 0 atom stereocenters. The fourth-order valence-electron chi connectivity index (χ4n) is 1.60. The fourth-order valence-corrected chi connectivity index (χ4v) is 1.79. The predicted molar refractivity (Wildman–Crippen MR) is 70.2 cm³/mol. The smallest absolute Gasteiger partial charge is 0.228 e. The second-order valence-corrected chi connectivity index (χ2v) is 4.30. The molecule has 1 N–H and O–H groups in total. The van der Waals surface area contributed by atoms with Crippen molar-refractivity contribution in [3.8, 4) is 0 Å². The van der Waals surface area contributed by atoms with Gasteiger partial charge in [0, 0.05) is 10.7 Å². The summed E-state index contributed by atoms with van der Waals surface area (Å²) in [7, 11) is 0. The highest BCUT2D eigenvalue weighted by Crippen LogP contribution is 2.15. The van der Waals surface area contributed by atoms with E-state index in [0.717, 1.165) is 0 Å². The Morgan fingerprint density at radius 2 is 1.94 bits per heavy atom. The van der Waals surface area contributed by atoms with Gasteiger partial charge in [-0.25, -0.2) is 4.39 Å². The molecule has 0 spiro atoms. The molecule has 2 nitrogen and oxygen atoms in total. The van der Waals surface area contributed by atoms with Crippen LogP contribution in [0.15, 0.2) is 48.5 Å². The van der Waals surface area contributed by atoms with Crippen molar-refractivity contribution in [1.82, 2.24) is 0 Å². The first-order valence-corrected chi connectivity index (χ1v) is 5.81. The van der Waals surface area contributed by atoms with E-state index in [1.54, 1.807) is 36.4 Å². The Labute approximate surface area is 109 Å². The van der Waals surface area contributed by atoms with Gasteiger partial charge in [0.2, 0.25) is 5.91 Å². The Balaban J connectivity index is 2.01. The molecule has 0 fully saturated rings. The van der Waals surface area contributed by atoms with Crippen molar-refractivity contribution < 1.29 is 9.18 Å². The number of rotatable bonds is 3.